The van der Waals surface area contributed by atoms with Crippen LogP contribution in [0.15, 0.2) is 60.7 Å². The first-order valence-corrected chi connectivity index (χ1v) is 10.3. The fourth-order valence-electron chi connectivity index (χ4n) is 3.97. The van der Waals surface area contributed by atoms with Crippen molar-refractivity contribution in [3.05, 3.63) is 72.3 Å². The molecular weight excluding hydrogens is 412 g/mol. The zero-order chi connectivity index (χ0) is 22.1. The number of nitrogens with one attached hydrogen (secondary N) is 1. The maximum absolute atomic E-state index is 14.5. The van der Waals surface area contributed by atoms with Crippen molar-refractivity contribution in [2.75, 3.05) is 42.3 Å². The second-order valence-electron chi connectivity index (χ2n) is 7.47. The number of nitrogen functional groups attached to an aromatic ring is 1. The number of rotatable bonds is 4. The highest BCUT2D eigenvalue weighted by Gasteiger charge is 2.18. The average molecular weight is 433 g/mol. The molecule has 2 heterocycles. The summed E-state index contributed by atoms with van der Waals surface area (Å²) in [6, 6.07) is 16.6. The van der Waals surface area contributed by atoms with Gasteiger partial charge < -0.3 is 20.7 Å². The molecule has 0 spiro atoms. The summed E-state index contributed by atoms with van der Waals surface area (Å²) in [6.07, 6.45) is 0. The van der Waals surface area contributed by atoms with Gasteiger partial charge in [0, 0.05) is 24.0 Å². The maximum atomic E-state index is 14.5. The molecule has 8 heteroatoms. The summed E-state index contributed by atoms with van der Waals surface area (Å²) in [6.45, 7) is 2.86. The highest BCUT2D eigenvalue weighted by Crippen LogP contribution is 2.35. The van der Waals surface area contributed by atoms with Gasteiger partial charge in [-0.25, -0.2) is 13.8 Å². The van der Waals surface area contributed by atoms with Crippen molar-refractivity contribution in [2.45, 2.75) is 0 Å². The number of hydrogen-bond acceptors (Lipinski definition) is 6. The lowest BCUT2D eigenvalue weighted by Crippen LogP contribution is -2.36. The number of ether oxygens (including phenoxy) is 1. The Bertz CT molecular complexity index is 1270. The second-order valence-corrected chi connectivity index (χ2v) is 7.47. The molecule has 0 unspecified atom stereocenters. The van der Waals surface area contributed by atoms with Crippen LogP contribution in [0.5, 0.6) is 0 Å². The van der Waals surface area contributed by atoms with E-state index in [0.29, 0.717) is 29.7 Å². The summed E-state index contributed by atoms with van der Waals surface area (Å²) in [7, 11) is 0. The Morgan fingerprint density at radius 2 is 1.59 bits per heavy atom. The van der Waals surface area contributed by atoms with Crippen LogP contribution in [0.4, 0.5) is 31.9 Å². The van der Waals surface area contributed by atoms with E-state index in [9.17, 15) is 8.78 Å². The molecule has 1 saturated heterocycles. The lowest BCUT2D eigenvalue weighted by atomic mass is 10.0. The summed E-state index contributed by atoms with van der Waals surface area (Å²) in [5, 5.41) is 3.76. The number of nitrogens with zero attached hydrogens (tertiary/aromatic N) is 3. The van der Waals surface area contributed by atoms with Crippen LogP contribution >= 0.6 is 0 Å². The van der Waals surface area contributed by atoms with Crippen molar-refractivity contribution < 1.29 is 13.5 Å². The van der Waals surface area contributed by atoms with Crippen LogP contribution in [-0.2, 0) is 4.74 Å². The molecule has 0 atom stereocenters. The van der Waals surface area contributed by atoms with Gasteiger partial charge >= 0.3 is 0 Å². The predicted octanol–water partition coefficient (Wildman–Crippen LogP) is 4.74. The van der Waals surface area contributed by atoms with Crippen LogP contribution in [0, 0.1) is 11.6 Å². The number of para-hydroxylation sites is 3. The molecule has 1 aliphatic rings. The number of fused-ring (bicyclic) bond motifs is 1. The average Bonchev–Trinajstić information content (AvgIpc) is 2.80. The summed E-state index contributed by atoms with van der Waals surface area (Å²) in [5.74, 6) is -0.858. The van der Waals surface area contributed by atoms with Gasteiger partial charge in [0.1, 0.15) is 17.5 Å². The first kappa shape index (κ1) is 20.1. The summed E-state index contributed by atoms with van der Waals surface area (Å²) in [4.78, 5) is 11.2. The normalized spacial score (nSPS) is 14.0. The number of aromatic nitrogens is 2. The van der Waals surface area contributed by atoms with E-state index in [2.05, 4.69) is 20.2 Å². The third kappa shape index (κ3) is 3.69. The molecule has 32 heavy (non-hydrogen) atoms. The van der Waals surface area contributed by atoms with Crippen molar-refractivity contribution in [1.29, 1.82) is 0 Å². The van der Waals surface area contributed by atoms with Crippen LogP contribution < -0.4 is 16.0 Å². The molecular formula is C24H21F2N5O. The Hall–Kier alpha value is -3.78. The third-order valence-corrected chi connectivity index (χ3v) is 5.49. The Morgan fingerprint density at radius 3 is 2.38 bits per heavy atom. The summed E-state index contributed by atoms with van der Waals surface area (Å²) >= 11 is 0. The van der Waals surface area contributed by atoms with Crippen LogP contribution in [0.25, 0.3) is 22.0 Å². The van der Waals surface area contributed by atoms with Crippen LogP contribution in [0.3, 0.4) is 0 Å². The maximum Gasteiger partial charge on any atom is 0.229 e. The van der Waals surface area contributed by atoms with Crippen LogP contribution in [-0.4, -0.2) is 36.3 Å². The van der Waals surface area contributed by atoms with Crippen molar-refractivity contribution in [3.8, 4) is 11.1 Å². The van der Waals surface area contributed by atoms with Gasteiger partial charge in [-0.05, 0) is 30.3 Å². The molecule has 1 fully saturated rings. The smallest absolute Gasteiger partial charge is 0.229 e. The van der Waals surface area contributed by atoms with E-state index >= 15 is 0 Å². The topological polar surface area (TPSA) is 76.3 Å². The Kier molecular flexibility index (Phi) is 5.28. The quantitative estimate of drug-likeness (QED) is 0.484. The van der Waals surface area contributed by atoms with Crippen LogP contribution in [0.1, 0.15) is 0 Å². The molecule has 4 aromatic rings. The van der Waals surface area contributed by atoms with E-state index < -0.39 is 11.6 Å². The highest BCUT2D eigenvalue weighted by atomic mass is 19.1. The number of benzene rings is 3. The van der Waals surface area contributed by atoms with Crippen molar-refractivity contribution in [2.24, 2.45) is 0 Å². The monoisotopic (exact) mass is 433 g/mol. The Labute approximate surface area is 183 Å². The molecule has 0 bridgehead atoms. The minimum absolute atomic E-state index is 0.143. The number of halogens is 2. The van der Waals surface area contributed by atoms with Gasteiger partial charge in [-0.3, -0.25) is 0 Å². The summed E-state index contributed by atoms with van der Waals surface area (Å²) < 4.78 is 34.5. The standard InChI is InChI=1S/C24H21F2N5O/c25-17-7-4-8-18(26)21(17)15-5-3-6-16-22(15)29-24(30-23(16)27)28-19-9-1-2-10-20(19)31-11-13-32-14-12-31/h1-10H,11-14H2,(H3,27,28,29,30). The minimum Gasteiger partial charge on any atom is -0.383 e. The largest absolute Gasteiger partial charge is 0.383 e. The summed E-state index contributed by atoms with van der Waals surface area (Å²) in [5.41, 5.74) is 8.55. The van der Waals surface area contributed by atoms with Crippen molar-refractivity contribution >= 4 is 34.0 Å². The van der Waals surface area contributed by atoms with Gasteiger partial charge in [0.2, 0.25) is 5.95 Å². The molecule has 1 aromatic heterocycles. The molecule has 0 amide bonds. The van der Waals surface area contributed by atoms with Gasteiger partial charge in [-0.2, -0.15) is 4.98 Å². The SMILES string of the molecule is Nc1nc(Nc2ccccc2N2CCOCC2)nc2c(-c3c(F)cccc3F)cccc12. The highest BCUT2D eigenvalue weighted by molar-refractivity contribution is 5.99. The fraction of sp³-hybridized carbons (Fsp3) is 0.167. The van der Waals surface area contributed by atoms with E-state index in [-0.39, 0.29) is 17.3 Å². The molecule has 3 aromatic carbocycles. The number of morpholine rings is 1. The van der Waals surface area contributed by atoms with Crippen molar-refractivity contribution in [3.63, 3.8) is 0 Å². The van der Waals surface area contributed by atoms with Gasteiger partial charge in [0.25, 0.3) is 0 Å². The molecule has 3 N–H and O–H groups in total. The molecule has 5 rings (SSSR count). The first-order valence-electron chi connectivity index (χ1n) is 10.3. The van der Waals surface area contributed by atoms with Crippen LogP contribution in [0.2, 0.25) is 0 Å². The molecule has 0 radical (unpaired) electrons. The molecule has 6 nitrogen and oxygen atoms in total. The van der Waals surface area contributed by atoms with Gasteiger partial charge in [-0.15, -0.1) is 0 Å². The molecule has 0 saturated carbocycles. The lowest BCUT2D eigenvalue weighted by molar-refractivity contribution is 0.123. The zero-order valence-electron chi connectivity index (χ0n) is 17.2. The van der Waals surface area contributed by atoms with E-state index in [0.717, 1.165) is 24.5 Å². The minimum atomic E-state index is -0.665. The number of nitrogens with two attached hydrogens (primary N) is 1. The Morgan fingerprint density at radius 1 is 0.875 bits per heavy atom. The van der Waals surface area contributed by atoms with E-state index in [1.807, 2.05) is 24.3 Å². The van der Waals surface area contributed by atoms with E-state index in [1.54, 1.807) is 18.2 Å². The fourth-order valence-corrected chi connectivity index (χ4v) is 3.97. The van der Waals surface area contributed by atoms with E-state index in [1.165, 1.54) is 18.2 Å². The molecule has 0 aliphatic carbocycles. The van der Waals surface area contributed by atoms with E-state index in [4.69, 9.17) is 10.5 Å². The van der Waals surface area contributed by atoms with Gasteiger partial charge in [0.15, 0.2) is 0 Å². The van der Waals surface area contributed by atoms with Crippen molar-refractivity contribution in [1.82, 2.24) is 9.97 Å². The van der Waals surface area contributed by atoms with Gasteiger partial charge in [-0.1, -0.05) is 30.3 Å². The lowest BCUT2D eigenvalue weighted by Gasteiger charge is -2.30. The molecule has 162 valence electrons. The number of anilines is 4. The third-order valence-electron chi connectivity index (χ3n) is 5.49. The molecule has 1 aliphatic heterocycles. The zero-order valence-corrected chi connectivity index (χ0v) is 17.2. The Balaban J connectivity index is 1.60. The first-order chi connectivity index (χ1) is 15.6. The predicted molar refractivity (Wildman–Crippen MR) is 122 cm³/mol. The van der Waals surface area contributed by atoms with Gasteiger partial charge in [0.05, 0.1) is 35.7 Å². The number of hydrogen-bond donors (Lipinski definition) is 2. The second kappa shape index (κ2) is 8.39.